The molecule has 0 fully saturated rings. The van der Waals surface area contributed by atoms with Crippen LogP contribution in [0, 0.1) is 0 Å². The highest BCUT2D eigenvalue weighted by Crippen LogP contribution is 2.57. The first-order valence-electron chi connectivity index (χ1n) is 10.1. The van der Waals surface area contributed by atoms with Gasteiger partial charge in [0.15, 0.2) is 0 Å². The molecule has 0 radical (unpaired) electrons. The van der Waals surface area contributed by atoms with E-state index in [-0.39, 0.29) is 5.41 Å². The second-order valence-corrected chi connectivity index (χ2v) is 8.48. The molecule has 4 rings (SSSR count). The van der Waals surface area contributed by atoms with Crippen molar-refractivity contribution in [1.82, 2.24) is 0 Å². The average Bonchev–Trinajstić information content (AvgIpc) is 3.04. The molecule has 2 aromatic carbocycles. The Bertz CT molecular complexity index is 901. The Morgan fingerprint density at radius 1 is 0.963 bits per heavy atom. The van der Waals surface area contributed by atoms with Gasteiger partial charge in [0.05, 0.1) is 5.41 Å². The van der Waals surface area contributed by atoms with Crippen molar-refractivity contribution in [1.29, 1.82) is 0 Å². The second kappa shape index (κ2) is 8.18. The minimum atomic E-state index is -0.121. The van der Waals surface area contributed by atoms with Crippen LogP contribution in [-0.2, 0) is 5.41 Å². The monoisotopic (exact) mass is 466 g/mol. The molecular formula is C26H27I. The van der Waals surface area contributed by atoms with Crippen molar-refractivity contribution in [3.05, 3.63) is 101 Å². The Kier molecular flexibility index (Phi) is 5.68. The Hall–Kier alpha value is -1.61. The number of fused-ring (bicyclic) bond motifs is 1. The number of rotatable bonds is 6. The fourth-order valence-corrected chi connectivity index (χ4v) is 5.42. The maximum Gasteiger partial charge on any atom is 0.0669 e. The van der Waals surface area contributed by atoms with E-state index < -0.39 is 0 Å². The molecule has 1 atom stereocenters. The van der Waals surface area contributed by atoms with Crippen molar-refractivity contribution in [2.75, 3.05) is 4.43 Å². The summed E-state index contributed by atoms with van der Waals surface area (Å²) in [5.74, 6) is 0. The van der Waals surface area contributed by atoms with Gasteiger partial charge in [-0.25, -0.2) is 0 Å². The van der Waals surface area contributed by atoms with Crippen LogP contribution in [0.25, 0.3) is 5.57 Å². The van der Waals surface area contributed by atoms with Crippen molar-refractivity contribution in [3.63, 3.8) is 0 Å². The van der Waals surface area contributed by atoms with E-state index in [0.717, 1.165) is 19.3 Å². The van der Waals surface area contributed by atoms with Gasteiger partial charge in [-0.1, -0.05) is 102 Å². The number of allylic oxidation sites excluding steroid dienone is 6. The fraction of sp³-hybridized carbons (Fsp3) is 0.308. The molecule has 0 spiro atoms. The first-order chi connectivity index (χ1) is 13.3. The zero-order valence-electron chi connectivity index (χ0n) is 16.0. The van der Waals surface area contributed by atoms with Crippen molar-refractivity contribution in [3.8, 4) is 0 Å². The molecule has 1 unspecified atom stereocenters. The van der Waals surface area contributed by atoms with E-state index >= 15 is 0 Å². The summed E-state index contributed by atoms with van der Waals surface area (Å²) in [5, 5.41) is 0. The van der Waals surface area contributed by atoms with Crippen LogP contribution < -0.4 is 0 Å². The van der Waals surface area contributed by atoms with Gasteiger partial charge in [0.1, 0.15) is 0 Å². The number of halogens is 1. The second-order valence-electron chi connectivity index (χ2n) is 7.40. The normalized spacial score (nSPS) is 21.3. The third-order valence-electron chi connectivity index (χ3n) is 6.02. The van der Waals surface area contributed by atoms with Crippen LogP contribution in [0.1, 0.15) is 55.7 Å². The Balaban J connectivity index is 2.06. The minimum absolute atomic E-state index is 0.121. The molecule has 0 heterocycles. The van der Waals surface area contributed by atoms with Crippen molar-refractivity contribution in [2.24, 2.45) is 0 Å². The molecule has 2 aliphatic rings. The van der Waals surface area contributed by atoms with Gasteiger partial charge in [0.2, 0.25) is 0 Å². The molecule has 27 heavy (non-hydrogen) atoms. The van der Waals surface area contributed by atoms with Crippen LogP contribution in [0.2, 0.25) is 0 Å². The number of alkyl halides is 1. The van der Waals surface area contributed by atoms with E-state index in [2.05, 4.69) is 102 Å². The summed E-state index contributed by atoms with van der Waals surface area (Å²) < 4.78 is 1.21. The Morgan fingerprint density at radius 3 is 2.44 bits per heavy atom. The van der Waals surface area contributed by atoms with Crippen LogP contribution in [0.5, 0.6) is 0 Å². The van der Waals surface area contributed by atoms with Crippen molar-refractivity contribution >= 4 is 28.2 Å². The first kappa shape index (κ1) is 18.7. The van der Waals surface area contributed by atoms with Crippen molar-refractivity contribution in [2.45, 2.75) is 44.4 Å². The van der Waals surface area contributed by atoms with Crippen LogP contribution in [0.4, 0.5) is 0 Å². The molecule has 0 saturated heterocycles. The maximum atomic E-state index is 2.51. The van der Waals surface area contributed by atoms with Gasteiger partial charge in [-0.3, -0.25) is 0 Å². The van der Waals surface area contributed by atoms with Gasteiger partial charge in [-0.05, 0) is 69.9 Å². The lowest BCUT2D eigenvalue weighted by Gasteiger charge is -2.37. The molecule has 0 aliphatic heterocycles. The summed E-state index contributed by atoms with van der Waals surface area (Å²) in [4.78, 5) is 0. The summed E-state index contributed by atoms with van der Waals surface area (Å²) in [6.45, 7) is 2.34. The largest absolute Gasteiger partial charge is 0.0864 e. The van der Waals surface area contributed by atoms with Crippen molar-refractivity contribution < 1.29 is 0 Å². The minimum Gasteiger partial charge on any atom is -0.0864 e. The van der Waals surface area contributed by atoms with Crippen LogP contribution in [0.15, 0.2) is 84.0 Å². The topological polar surface area (TPSA) is 0 Å². The SMILES string of the molecule is CCC1=C(CCCI)c2ccccc2C1(C1=CCCC=C1)c1ccccc1. The molecule has 0 saturated carbocycles. The standard InChI is InChI=1S/C26H27I/c1-2-24-22(17-11-19-27)23-16-9-10-18-25(23)26(24,20-12-5-3-6-13-20)21-14-7-4-8-15-21/h3,5-7,9-10,12-16,18H,2,4,8,11,17,19H2,1H3. The lowest BCUT2D eigenvalue weighted by atomic mass is 9.65. The lowest BCUT2D eigenvalue weighted by Crippen LogP contribution is -2.30. The third kappa shape index (κ3) is 3.04. The number of hydrogen-bond acceptors (Lipinski definition) is 0. The molecule has 0 aromatic heterocycles. The van der Waals surface area contributed by atoms with Gasteiger partial charge in [0.25, 0.3) is 0 Å². The van der Waals surface area contributed by atoms with E-state index in [4.69, 9.17) is 0 Å². The maximum absolute atomic E-state index is 2.51. The summed E-state index contributed by atoms with van der Waals surface area (Å²) in [6, 6.07) is 20.3. The molecule has 0 amide bonds. The first-order valence-corrected chi connectivity index (χ1v) is 11.7. The summed E-state index contributed by atoms with van der Waals surface area (Å²) in [7, 11) is 0. The molecule has 1 heteroatoms. The van der Waals surface area contributed by atoms with Gasteiger partial charge >= 0.3 is 0 Å². The zero-order valence-corrected chi connectivity index (χ0v) is 18.2. The Morgan fingerprint density at radius 2 is 1.74 bits per heavy atom. The summed E-state index contributed by atoms with van der Waals surface area (Å²) in [5.41, 5.74) is 8.91. The molecular weight excluding hydrogens is 439 g/mol. The van der Waals surface area contributed by atoms with Gasteiger partial charge in [-0.15, -0.1) is 0 Å². The predicted octanol–water partition coefficient (Wildman–Crippen LogP) is 7.64. The molecule has 0 nitrogen and oxygen atoms in total. The van der Waals surface area contributed by atoms with E-state index in [0.29, 0.717) is 0 Å². The van der Waals surface area contributed by atoms with Crippen LogP contribution >= 0.6 is 22.6 Å². The highest BCUT2D eigenvalue weighted by Gasteiger charge is 2.47. The van der Waals surface area contributed by atoms with Gasteiger partial charge < -0.3 is 0 Å². The number of hydrogen-bond donors (Lipinski definition) is 0. The van der Waals surface area contributed by atoms with E-state index in [1.165, 1.54) is 39.5 Å². The van der Waals surface area contributed by atoms with Crippen LogP contribution in [-0.4, -0.2) is 4.43 Å². The fourth-order valence-electron chi connectivity index (χ4n) is 5.04. The zero-order chi connectivity index (χ0) is 18.7. The number of benzene rings is 2. The van der Waals surface area contributed by atoms with Gasteiger partial charge in [0, 0.05) is 0 Å². The highest BCUT2D eigenvalue weighted by atomic mass is 127. The Labute approximate surface area is 177 Å². The van der Waals surface area contributed by atoms with Crippen LogP contribution in [0.3, 0.4) is 0 Å². The average molecular weight is 466 g/mol. The smallest absolute Gasteiger partial charge is 0.0669 e. The van der Waals surface area contributed by atoms with E-state index in [9.17, 15) is 0 Å². The molecule has 0 bridgehead atoms. The quantitative estimate of drug-likeness (QED) is 0.303. The third-order valence-corrected chi connectivity index (χ3v) is 6.78. The van der Waals surface area contributed by atoms with E-state index in [1.54, 1.807) is 11.1 Å². The predicted molar refractivity (Wildman–Crippen MR) is 125 cm³/mol. The summed E-state index contributed by atoms with van der Waals surface area (Å²) in [6.07, 6.45) is 13.0. The molecule has 2 aliphatic carbocycles. The molecule has 2 aromatic rings. The summed E-state index contributed by atoms with van der Waals surface area (Å²) >= 11 is 2.51. The van der Waals surface area contributed by atoms with Gasteiger partial charge in [-0.2, -0.15) is 0 Å². The lowest BCUT2D eigenvalue weighted by molar-refractivity contribution is 0.699. The van der Waals surface area contributed by atoms with E-state index in [1.807, 2.05) is 0 Å². The molecule has 0 N–H and O–H groups in total. The highest BCUT2D eigenvalue weighted by molar-refractivity contribution is 14.1. The molecule has 138 valence electrons.